The van der Waals surface area contributed by atoms with Crippen LogP contribution >= 0.6 is 0 Å². The van der Waals surface area contributed by atoms with Gasteiger partial charge in [-0.3, -0.25) is 4.79 Å². The molecule has 0 saturated heterocycles. The lowest BCUT2D eigenvalue weighted by Crippen LogP contribution is -2.51. The van der Waals surface area contributed by atoms with Crippen molar-refractivity contribution in [2.75, 3.05) is 13.2 Å². The standard InChI is InChI=1S/C10H22N2O2/c1-5-10(4,7-13)12-9(14)6-11-8(2)3/h8,11,13H,5-7H2,1-4H3,(H,12,14). The van der Waals surface area contributed by atoms with Gasteiger partial charge in [0.1, 0.15) is 0 Å². The smallest absolute Gasteiger partial charge is 0.234 e. The van der Waals surface area contributed by atoms with Crippen molar-refractivity contribution in [1.82, 2.24) is 10.6 Å². The number of nitrogens with one attached hydrogen (secondary N) is 2. The molecule has 0 heterocycles. The summed E-state index contributed by atoms with van der Waals surface area (Å²) in [5, 5.41) is 14.9. The first-order valence-electron chi connectivity index (χ1n) is 5.09. The van der Waals surface area contributed by atoms with Crippen LogP contribution in [0.2, 0.25) is 0 Å². The Bertz CT molecular complexity index is 177. The minimum absolute atomic E-state index is 0.0308. The molecular formula is C10H22N2O2. The fourth-order valence-corrected chi connectivity index (χ4v) is 0.917. The van der Waals surface area contributed by atoms with Crippen LogP contribution in [0, 0.1) is 0 Å². The molecule has 0 aliphatic rings. The molecule has 4 heteroatoms. The van der Waals surface area contributed by atoms with Crippen molar-refractivity contribution in [2.45, 2.75) is 45.7 Å². The first-order chi connectivity index (χ1) is 6.43. The second-order valence-corrected chi connectivity index (χ2v) is 4.16. The molecule has 0 aliphatic carbocycles. The molecular weight excluding hydrogens is 180 g/mol. The van der Waals surface area contributed by atoms with E-state index in [0.717, 1.165) is 6.42 Å². The Hall–Kier alpha value is -0.610. The second kappa shape index (κ2) is 5.98. The second-order valence-electron chi connectivity index (χ2n) is 4.16. The normalized spacial score (nSPS) is 15.3. The van der Waals surface area contributed by atoms with Crippen molar-refractivity contribution < 1.29 is 9.90 Å². The van der Waals surface area contributed by atoms with E-state index in [9.17, 15) is 4.79 Å². The lowest BCUT2D eigenvalue weighted by atomic mass is 10.0. The quantitative estimate of drug-likeness (QED) is 0.579. The fourth-order valence-electron chi connectivity index (χ4n) is 0.917. The third-order valence-electron chi connectivity index (χ3n) is 2.24. The average molecular weight is 202 g/mol. The summed E-state index contributed by atoms with van der Waals surface area (Å²) in [5.74, 6) is -0.0721. The molecule has 0 saturated carbocycles. The Morgan fingerprint density at radius 2 is 2.07 bits per heavy atom. The van der Waals surface area contributed by atoms with Crippen molar-refractivity contribution in [1.29, 1.82) is 0 Å². The molecule has 0 rings (SSSR count). The zero-order valence-electron chi connectivity index (χ0n) is 9.55. The molecule has 0 aromatic heterocycles. The van der Waals surface area contributed by atoms with Crippen molar-refractivity contribution in [3.05, 3.63) is 0 Å². The molecule has 4 nitrogen and oxygen atoms in total. The highest BCUT2D eigenvalue weighted by molar-refractivity contribution is 5.78. The van der Waals surface area contributed by atoms with Gasteiger partial charge in [-0.05, 0) is 13.3 Å². The van der Waals surface area contributed by atoms with E-state index in [2.05, 4.69) is 10.6 Å². The molecule has 0 aliphatic heterocycles. The van der Waals surface area contributed by atoms with E-state index in [-0.39, 0.29) is 12.5 Å². The first kappa shape index (κ1) is 13.4. The lowest BCUT2D eigenvalue weighted by Gasteiger charge is -2.27. The molecule has 14 heavy (non-hydrogen) atoms. The summed E-state index contributed by atoms with van der Waals surface area (Å²) in [6.07, 6.45) is 0.719. The minimum atomic E-state index is -0.490. The molecule has 1 unspecified atom stereocenters. The molecule has 84 valence electrons. The van der Waals surface area contributed by atoms with E-state index >= 15 is 0 Å². The highest BCUT2D eigenvalue weighted by Gasteiger charge is 2.22. The Morgan fingerprint density at radius 3 is 2.43 bits per heavy atom. The van der Waals surface area contributed by atoms with E-state index in [1.54, 1.807) is 0 Å². The molecule has 0 fully saturated rings. The van der Waals surface area contributed by atoms with E-state index < -0.39 is 5.54 Å². The monoisotopic (exact) mass is 202 g/mol. The molecule has 0 bridgehead atoms. The predicted molar refractivity (Wildman–Crippen MR) is 57.1 cm³/mol. The van der Waals surface area contributed by atoms with Gasteiger partial charge in [0.2, 0.25) is 5.91 Å². The molecule has 3 N–H and O–H groups in total. The van der Waals surface area contributed by atoms with Crippen LogP contribution in [0.25, 0.3) is 0 Å². The first-order valence-corrected chi connectivity index (χ1v) is 5.09. The van der Waals surface area contributed by atoms with Crippen LogP contribution in [-0.4, -0.2) is 35.7 Å². The Kier molecular flexibility index (Phi) is 5.72. The van der Waals surface area contributed by atoms with Gasteiger partial charge in [0.15, 0.2) is 0 Å². The Morgan fingerprint density at radius 1 is 1.50 bits per heavy atom. The van der Waals surface area contributed by atoms with E-state index in [4.69, 9.17) is 5.11 Å². The van der Waals surface area contributed by atoms with Gasteiger partial charge >= 0.3 is 0 Å². The maximum Gasteiger partial charge on any atom is 0.234 e. The van der Waals surface area contributed by atoms with E-state index in [0.29, 0.717) is 12.6 Å². The van der Waals surface area contributed by atoms with Gasteiger partial charge in [-0.1, -0.05) is 20.8 Å². The fraction of sp³-hybridized carbons (Fsp3) is 0.900. The summed E-state index contributed by atoms with van der Waals surface area (Å²) in [7, 11) is 0. The molecule has 0 radical (unpaired) electrons. The van der Waals surface area contributed by atoms with E-state index in [1.165, 1.54) is 0 Å². The van der Waals surface area contributed by atoms with Crippen LogP contribution in [0.1, 0.15) is 34.1 Å². The summed E-state index contributed by atoms with van der Waals surface area (Å²) >= 11 is 0. The van der Waals surface area contributed by atoms with Gasteiger partial charge in [0.05, 0.1) is 18.7 Å². The predicted octanol–water partition coefficient (Wildman–Crippen LogP) is 0.262. The SMILES string of the molecule is CCC(C)(CO)NC(=O)CNC(C)C. The van der Waals surface area contributed by atoms with Gasteiger partial charge in [-0.25, -0.2) is 0 Å². The summed E-state index contributed by atoms with van der Waals surface area (Å²) in [4.78, 5) is 11.4. The third-order valence-corrected chi connectivity index (χ3v) is 2.24. The Labute approximate surface area is 86.1 Å². The van der Waals surface area contributed by atoms with Crippen molar-refractivity contribution in [2.24, 2.45) is 0 Å². The van der Waals surface area contributed by atoms with Crippen LogP contribution < -0.4 is 10.6 Å². The molecule has 1 atom stereocenters. The van der Waals surface area contributed by atoms with Gasteiger partial charge in [0.25, 0.3) is 0 Å². The number of rotatable bonds is 6. The molecule has 0 aromatic rings. The number of amides is 1. The average Bonchev–Trinajstić information content (AvgIpc) is 2.14. The number of aliphatic hydroxyl groups excluding tert-OH is 1. The van der Waals surface area contributed by atoms with Crippen LogP contribution in [0.4, 0.5) is 0 Å². The summed E-state index contributed by atoms with van der Waals surface area (Å²) in [6.45, 7) is 8.01. The number of aliphatic hydroxyl groups is 1. The van der Waals surface area contributed by atoms with Crippen molar-refractivity contribution in [3.63, 3.8) is 0 Å². The number of carbonyl (C=O) groups is 1. The van der Waals surface area contributed by atoms with Crippen LogP contribution in [0.3, 0.4) is 0 Å². The maximum atomic E-state index is 11.4. The zero-order valence-corrected chi connectivity index (χ0v) is 9.55. The summed E-state index contributed by atoms with van der Waals surface area (Å²) in [5.41, 5.74) is -0.490. The zero-order chi connectivity index (χ0) is 11.2. The van der Waals surface area contributed by atoms with Gasteiger partial charge in [-0.15, -0.1) is 0 Å². The topological polar surface area (TPSA) is 61.4 Å². The maximum absolute atomic E-state index is 11.4. The number of hydrogen-bond donors (Lipinski definition) is 3. The largest absolute Gasteiger partial charge is 0.394 e. The highest BCUT2D eigenvalue weighted by Crippen LogP contribution is 2.06. The van der Waals surface area contributed by atoms with Crippen molar-refractivity contribution in [3.8, 4) is 0 Å². The summed E-state index contributed by atoms with van der Waals surface area (Å²) < 4.78 is 0. The highest BCUT2D eigenvalue weighted by atomic mass is 16.3. The summed E-state index contributed by atoms with van der Waals surface area (Å²) in [6, 6.07) is 0.294. The molecule has 0 aromatic carbocycles. The van der Waals surface area contributed by atoms with Crippen LogP contribution in [-0.2, 0) is 4.79 Å². The number of carbonyl (C=O) groups excluding carboxylic acids is 1. The van der Waals surface area contributed by atoms with Gasteiger partial charge in [0, 0.05) is 6.04 Å². The Balaban J connectivity index is 3.92. The number of hydrogen-bond acceptors (Lipinski definition) is 3. The minimum Gasteiger partial charge on any atom is -0.394 e. The van der Waals surface area contributed by atoms with Gasteiger partial charge < -0.3 is 15.7 Å². The van der Waals surface area contributed by atoms with Crippen molar-refractivity contribution >= 4 is 5.91 Å². The van der Waals surface area contributed by atoms with Crippen LogP contribution in [0.15, 0.2) is 0 Å². The van der Waals surface area contributed by atoms with Gasteiger partial charge in [-0.2, -0.15) is 0 Å². The third kappa shape index (κ3) is 5.19. The lowest BCUT2D eigenvalue weighted by molar-refractivity contribution is -0.122. The van der Waals surface area contributed by atoms with E-state index in [1.807, 2.05) is 27.7 Å². The molecule has 1 amide bonds. The van der Waals surface area contributed by atoms with Crippen LogP contribution in [0.5, 0.6) is 0 Å². The molecule has 0 spiro atoms.